The molecule has 0 aliphatic carbocycles. The fourth-order valence-corrected chi connectivity index (χ4v) is 1.31. The van der Waals surface area contributed by atoms with E-state index in [0.29, 0.717) is 24.4 Å². The topological polar surface area (TPSA) is 70.6 Å². The number of hydrogen-bond acceptors (Lipinski definition) is 3. The second-order valence-electron chi connectivity index (χ2n) is 3.54. The summed E-state index contributed by atoms with van der Waals surface area (Å²) in [5.41, 5.74) is 0.684. The summed E-state index contributed by atoms with van der Waals surface area (Å²) in [6.07, 6.45) is 1.46. The number of methoxy groups -OCH3 is 1. The van der Waals surface area contributed by atoms with E-state index in [0.717, 1.165) is 6.42 Å². The number of unbranched alkanes of at least 4 members (excludes halogenated alkanes) is 1. The number of amides is 2. The number of hydrogen-bond donors (Lipinski definition) is 3. The zero-order valence-corrected chi connectivity index (χ0v) is 9.90. The highest BCUT2D eigenvalue weighted by Crippen LogP contribution is 2.16. The lowest BCUT2D eigenvalue weighted by molar-refractivity contribution is 0.250. The van der Waals surface area contributed by atoms with Gasteiger partial charge in [-0.3, -0.25) is 0 Å². The Hall–Kier alpha value is -1.75. The molecule has 0 unspecified atom stereocenters. The maximum atomic E-state index is 11.4. The van der Waals surface area contributed by atoms with Crippen molar-refractivity contribution in [1.82, 2.24) is 5.32 Å². The van der Waals surface area contributed by atoms with Gasteiger partial charge in [-0.1, -0.05) is 6.07 Å². The fraction of sp³-hybridized carbons (Fsp3) is 0.417. The molecule has 1 aromatic carbocycles. The van der Waals surface area contributed by atoms with Crippen LogP contribution >= 0.6 is 0 Å². The van der Waals surface area contributed by atoms with E-state index < -0.39 is 0 Å². The molecule has 94 valence electrons. The average molecular weight is 238 g/mol. The standard InChI is InChI=1S/C12H18N2O3/c1-17-11-6-4-5-10(9-11)14-12(16)13-7-2-3-8-15/h4-6,9,15H,2-3,7-8H2,1H3,(H2,13,14,16). The SMILES string of the molecule is COc1cccc(NC(=O)NCCCCO)c1. The van der Waals surface area contributed by atoms with Crippen LogP contribution in [0.1, 0.15) is 12.8 Å². The van der Waals surface area contributed by atoms with Crippen LogP contribution in [-0.4, -0.2) is 31.4 Å². The average Bonchev–Trinajstić information content (AvgIpc) is 2.35. The van der Waals surface area contributed by atoms with Crippen molar-refractivity contribution in [3.63, 3.8) is 0 Å². The predicted molar refractivity (Wildman–Crippen MR) is 66.3 cm³/mol. The van der Waals surface area contributed by atoms with Crippen molar-refractivity contribution in [3.05, 3.63) is 24.3 Å². The van der Waals surface area contributed by atoms with Crippen LogP contribution in [0.5, 0.6) is 5.75 Å². The van der Waals surface area contributed by atoms with Crippen LogP contribution in [0, 0.1) is 0 Å². The molecule has 0 spiro atoms. The summed E-state index contributed by atoms with van der Waals surface area (Å²) in [6, 6.07) is 6.89. The van der Waals surface area contributed by atoms with Gasteiger partial charge in [0.2, 0.25) is 0 Å². The first-order valence-corrected chi connectivity index (χ1v) is 5.56. The van der Waals surface area contributed by atoms with Gasteiger partial charge >= 0.3 is 6.03 Å². The minimum atomic E-state index is -0.254. The molecule has 1 rings (SSSR count). The highest BCUT2D eigenvalue weighted by Gasteiger charge is 2.01. The number of nitrogens with one attached hydrogen (secondary N) is 2. The number of benzene rings is 1. The Morgan fingerprint density at radius 2 is 2.24 bits per heavy atom. The van der Waals surface area contributed by atoms with Gasteiger partial charge in [0.05, 0.1) is 7.11 Å². The molecule has 5 heteroatoms. The molecular weight excluding hydrogens is 220 g/mol. The predicted octanol–water partition coefficient (Wildman–Crippen LogP) is 1.59. The van der Waals surface area contributed by atoms with Crippen molar-refractivity contribution < 1.29 is 14.6 Å². The maximum absolute atomic E-state index is 11.4. The Bertz CT molecular complexity index is 355. The number of rotatable bonds is 6. The van der Waals surface area contributed by atoms with Crippen LogP contribution in [0.4, 0.5) is 10.5 Å². The van der Waals surface area contributed by atoms with Gasteiger partial charge in [-0.05, 0) is 25.0 Å². The first-order chi connectivity index (χ1) is 8.26. The van der Waals surface area contributed by atoms with E-state index in [1.807, 2.05) is 6.07 Å². The van der Waals surface area contributed by atoms with Crippen molar-refractivity contribution in [2.75, 3.05) is 25.6 Å². The Labute approximate surface area is 101 Å². The van der Waals surface area contributed by atoms with Gasteiger partial charge in [-0.25, -0.2) is 4.79 Å². The third kappa shape index (κ3) is 5.21. The highest BCUT2D eigenvalue weighted by molar-refractivity contribution is 5.89. The van der Waals surface area contributed by atoms with Crippen LogP contribution in [-0.2, 0) is 0 Å². The van der Waals surface area contributed by atoms with Gasteiger partial charge in [0, 0.05) is 24.9 Å². The number of carbonyl (C=O) groups is 1. The zero-order chi connectivity index (χ0) is 12.5. The first kappa shape index (κ1) is 13.3. The fourth-order valence-electron chi connectivity index (χ4n) is 1.31. The van der Waals surface area contributed by atoms with E-state index in [-0.39, 0.29) is 12.6 Å². The van der Waals surface area contributed by atoms with Crippen LogP contribution in [0.15, 0.2) is 24.3 Å². The summed E-state index contributed by atoms with van der Waals surface area (Å²) in [5, 5.41) is 14.0. The number of urea groups is 1. The Morgan fingerprint density at radius 1 is 1.41 bits per heavy atom. The van der Waals surface area contributed by atoms with E-state index >= 15 is 0 Å². The third-order valence-corrected chi connectivity index (χ3v) is 2.20. The number of anilines is 1. The number of aliphatic hydroxyl groups excluding tert-OH is 1. The summed E-state index contributed by atoms with van der Waals surface area (Å²) < 4.78 is 5.05. The lowest BCUT2D eigenvalue weighted by Crippen LogP contribution is -2.29. The minimum Gasteiger partial charge on any atom is -0.497 e. The Morgan fingerprint density at radius 3 is 2.94 bits per heavy atom. The van der Waals surface area contributed by atoms with E-state index in [9.17, 15) is 4.79 Å². The molecule has 0 saturated heterocycles. The molecule has 3 N–H and O–H groups in total. The molecule has 0 radical (unpaired) electrons. The van der Waals surface area contributed by atoms with Gasteiger partial charge in [0.25, 0.3) is 0 Å². The second-order valence-corrected chi connectivity index (χ2v) is 3.54. The summed E-state index contributed by atoms with van der Waals surface area (Å²) in [7, 11) is 1.58. The lowest BCUT2D eigenvalue weighted by atomic mass is 10.3. The number of aliphatic hydroxyl groups is 1. The van der Waals surface area contributed by atoms with Gasteiger partial charge in [0.15, 0.2) is 0 Å². The van der Waals surface area contributed by atoms with Crippen LogP contribution in [0.2, 0.25) is 0 Å². The molecule has 0 aliphatic heterocycles. The third-order valence-electron chi connectivity index (χ3n) is 2.20. The van der Waals surface area contributed by atoms with Crippen molar-refractivity contribution in [2.24, 2.45) is 0 Å². The van der Waals surface area contributed by atoms with Crippen molar-refractivity contribution in [2.45, 2.75) is 12.8 Å². The molecule has 17 heavy (non-hydrogen) atoms. The molecule has 0 heterocycles. The second kappa shape index (κ2) is 7.51. The van der Waals surface area contributed by atoms with E-state index in [4.69, 9.17) is 9.84 Å². The first-order valence-electron chi connectivity index (χ1n) is 5.56. The largest absolute Gasteiger partial charge is 0.497 e. The van der Waals surface area contributed by atoms with Gasteiger partial charge in [-0.15, -0.1) is 0 Å². The molecule has 0 aliphatic rings. The van der Waals surface area contributed by atoms with E-state index in [1.54, 1.807) is 25.3 Å². The molecule has 0 atom stereocenters. The summed E-state index contributed by atoms with van der Waals surface area (Å²) >= 11 is 0. The van der Waals surface area contributed by atoms with Crippen molar-refractivity contribution in [3.8, 4) is 5.75 Å². The molecular formula is C12H18N2O3. The van der Waals surface area contributed by atoms with Crippen LogP contribution in [0.25, 0.3) is 0 Å². The normalized spacial score (nSPS) is 9.76. The molecule has 0 saturated carbocycles. The molecule has 2 amide bonds. The zero-order valence-electron chi connectivity index (χ0n) is 9.90. The van der Waals surface area contributed by atoms with E-state index in [2.05, 4.69) is 10.6 Å². The summed E-state index contributed by atoms with van der Waals surface area (Å²) in [4.78, 5) is 11.4. The highest BCUT2D eigenvalue weighted by atomic mass is 16.5. The Balaban J connectivity index is 2.34. The lowest BCUT2D eigenvalue weighted by Gasteiger charge is -2.08. The maximum Gasteiger partial charge on any atom is 0.319 e. The van der Waals surface area contributed by atoms with Crippen molar-refractivity contribution in [1.29, 1.82) is 0 Å². The van der Waals surface area contributed by atoms with Gasteiger partial charge < -0.3 is 20.5 Å². The smallest absolute Gasteiger partial charge is 0.319 e. The van der Waals surface area contributed by atoms with E-state index in [1.165, 1.54) is 0 Å². The van der Waals surface area contributed by atoms with Crippen LogP contribution in [0.3, 0.4) is 0 Å². The molecule has 5 nitrogen and oxygen atoms in total. The van der Waals surface area contributed by atoms with Gasteiger partial charge in [0.1, 0.15) is 5.75 Å². The Kier molecular flexibility index (Phi) is 5.88. The molecule has 1 aromatic rings. The van der Waals surface area contributed by atoms with Crippen molar-refractivity contribution >= 4 is 11.7 Å². The minimum absolute atomic E-state index is 0.152. The molecule has 0 aromatic heterocycles. The number of carbonyl (C=O) groups excluding carboxylic acids is 1. The molecule has 0 bridgehead atoms. The number of ether oxygens (including phenoxy) is 1. The summed E-state index contributed by atoms with van der Waals surface area (Å²) in [5.74, 6) is 0.697. The summed E-state index contributed by atoms with van der Waals surface area (Å²) in [6.45, 7) is 0.704. The monoisotopic (exact) mass is 238 g/mol. The quantitative estimate of drug-likeness (QED) is 0.659. The molecule has 0 fully saturated rings. The van der Waals surface area contributed by atoms with Gasteiger partial charge in [-0.2, -0.15) is 0 Å². The van der Waals surface area contributed by atoms with Crippen LogP contribution < -0.4 is 15.4 Å².